The van der Waals surface area contributed by atoms with Crippen molar-refractivity contribution in [3.63, 3.8) is 0 Å². The summed E-state index contributed by atoms with van der Waals surface area (Å²) >= 11 is 0. The Hall–Kier alpha value is -0.870. The molecule has 0 aliphatic carbocycles. The molecule has 0 aromatic carbocycles. The molecule has 0 atom stereocenters. The maximum Gasteiger partial charge on any atom is 0.311 e. The lowest BCUT2D eigenvalue weighted by molar-refractivity contribution is -0.151. The molecule has 1 rings (SSSR count). The molecule has 0 spiro atoms. The second-order valence-electron chi connectivity index (χ2n) is 5.23. The predicted molar refractivity (Wildman–Crippen MR) is 66.8 cm³/mol. The fourth-order valence-corrected chi connectivity index (χ4v) is 1.42. The van der Waals surface area contributed by atoms with Gasteiger partial charge in [-0.15, -0.1) is 0 Å². The Morgan fingerprint density at radius 3 is 2.53 bits per heavy atom. The third-order valence-electron chi connectivity index (χ3n) is 2.56. The number of rotatable bonds is 4. The van der Waals surface area contributed by atoms with Crippen LogP contribution in [-0.2, 0) is 14.3 Å². The quantitative estimate of drug-likeness (QED) is 0.552. The first kappa shape index (κ1) is 14.2. The predicted octanol–water partition coefficient (Wildman–Crippen LogP) is 1.46. The molecule has 0 aromatic rings. The van der Waals surface area contributed by atoms with Crippen LogP contribution in [0.25, 0.3) is 0 Å². The number of esters is 1. The number of hydrogen-bond donors (Lipinski definition) is 0. The number of hydrogen-bond acceptors (Lipinski definition) is 4. The van der Waals surface area contributed by atoms with Gasteiger partial charge in [0.15, 0.2) is 0 Å². The van der Waals surface area contributed by atoms with Gasteiger partial charge in [0.1, 0.15) is 6.61 Å². The van der Waals surface area contributed by atoms with Gasteiger partial charge in [-0.05, 0) is 26.8 Å². The summed E-state index contributed by atoms with van der Waals surface area (Å²) in [6, 6.07) is 0. The second-order valence-corrected chi connectivity index (χ2v) is 5.23. The molecule has 0 amide bonds. The van der Waals surface area contributed by atoms with Gasteiger partial charge in [0.05, 0.1) is 18.6 Å². The molecule has 17 heavy (non-hydrogen) atoms. The van der Waals surface area contributed by atoms with Crippen LogP contribution in [0.15, 0.2) is 12.2 Å². The van der Waals surface area contributed by atoms with E-state index in [1.807, 2.05) is 32.9 Å². The zero-order chi connectivity index (χ0) is 12.7. The van der Waals surface area contributed by atoms with Crippen LogP contribution < -0.4 is 0 Å². The molecule has 1 aliphatic heterocycles. The first-order valence-corrected chi connectivity index (χ1v) is 6.12. The minimum absolute atomic E-state index is 0.159. The van der Waals surface area contributed by atoms with Gasteiger partial charge in [-0.25, -0.2) is 0 Å². The van der Waals surface area contributed by atoms with Gasteiger partial charge in [0, 0.05) is 19.6 Å². The number of carbonyl (C=O) groups is 1. The van der Waals surface area contributed by atoms with Crippen LogP contribution in [0.2, 0.25) is 0 Å². The van der Waals surface area contributed by atoms with E-state index in [1.54, 1.807) is 0 Å². The smallest absolute Gasteiger partial charge is 0.311 e. The molecule has 1 fully saturated rings. The first-order chi connectivity index (χ1) is 8.00. The second kappa shape index (κ2) is 6.77. The molecule has 4 heteroatoms. The highest BCUT2D eigenvalue weighted by atomic mass is 16.5. The summed E-state index contributed by atoms with van der Waals surface area (Å²) < 4.78 is 10.4. The number of carbonyl (C=O) groups excluding carboxylic acids is 1. The molecule has 0 saturated carbocycles. The van der Waals surface area contributed by atoms with Crippen LogP contribution >= 0.6 is 0 Å². The monoisotopic (exact) mass is 241 g/mol. The Kier molecular flexibility index (Phi) is 5.65. The number of nitrogens with zero attached hydrogens (tertiary/aromatic N) is 1. The van der Waals surface area contributed by atoms with Crippen molar-refractivity contribution < 1.29 is 14.3 Å². The highest BCUT2D eigenvalue weighted by Crippen LogP contribution is 2.14. The van der Waals surface area contributed by atoms with Gasteiger partial charge in [-0.3, -0.25) is 9.69 Å². The molecule has 0 N–H and O–H groups in total. The van der Waals surface area contributed by atoms with Crippen molar-refractivity contribution in [2.24, 2.45) is 5.41 Å². The first-order valence-electron chi connectivity index (χ1n) is 6.12. The topological polar surface area (TPSA) is 38.8 Å². The van der Waals surface area contributed by atoms with E-state index in [9.17, 15) is 4.79 Å². The molecule has 1 saturated heterocycles. The lowest BCUT2D eigenvalue weighted by Crippen LogP contribution is -2.36. The van der Waals surface area contributed by atoms with Crippen molar-refractivity contribution in [2.45, 2.75) is 20.8 Å². The Morgan fingerprint density at radius 1 is 1.29 bits per heavy atom. The van der Waals surface area contributed by atoms with E-state index in [0.29, 0.717) is 6.61 Å². The van der Waals surface area contributed by atoms with E-state index in [-0.39, 0.29) is 5.97 Å². The van der Waals surface area contributed by atoms with Crippen molar-refractivity contribution in [1.29, 1.82) is 0 Å². The molecule has 0 aromatic heterocycles. The third kappa shape index (κ3) is 5.84. The molecular formula is C13H23NO3. The zero-order valence-electron chi connectivity index (χ0n) is 11.1. The molecule has 0 bridgehead atoms. The Balaban J connectivity index is 2.11. The lowest BCUT2D eigenvalue weighted by atomic mass is 9.97. The highest BCUT2D eigenvalue weighted by molar-refractivity contribution is 5.75. The Bertz CT molecular complexity index is 262. The summed E-state index contributed by atoms with van der Waals surface area (Å²) in [7, 11) is 0. The summed E-state index contributed by atoms with van der Waals surface area (Å²) in [6.45, 7) is 10.4. The Morgan fingerprint density at radius 2 is 1.94 bits per heavy atom. The van der Waals surface area contributed by atoms with Gasteiger partial charge in [0.2, 0.25) is 0 Å². The van der Waals surface area contributed by atoms with Crippen LogP contribution in [0.4, 0.5) is 0 Å². The van der Waals surface area contributed by atoms with E-state index < -0.39 is 5.41 Å². The van der Waals surface area contributed by atoms with Crippen LogP contribution in [-0.4, -0.2) is 50.3 Å². The SMILES string of the molecule is CC(C)(C)C(=O)OC/C=C\CN1CCOCC1. The summed E-state index contributed by atoms with van der Waals surface area (Å²) in [5.41, 5.74) is -0.419. The molecular weight excluding hydrogens is 218 g/mol. The minimum Gasteiger partial charge on any atom is -0.461 e. The van der Waals surface area contributed by atoms with Crippen LogP contribution in [0.1, 0.15) is 20.8 Å². The molecule has 0 radical (unpaired) electrons. The average Bonchev–Trinajstić information content (AvgIpc) is 2.28. The van der Waals surface area contributed by atoms with Crippen molar-refractivity contribution >= 4 is 5.97 Å². The molecule has 1 heterocycles. The summed E-state index contributed by atoms with van der Waals surface area (Å²) in [4.78, 5) is 13.8. The summed E-state index contributed by atoms with van der Waals surface area (Å²) in [6.07, 6.45) is 3.94. The van der Waals surface area contributed by atoms with Gasteiger partial charge in [0.25, 0.3) is 0 Å². The third-order valence-corrected chi connectivity index (χ3v) is 2.56. The fourth-order valence-electron chi connectivity index (χ4n) is 1.42. The van der Waals surface area contributed by atoms with Gasteiger partial charge in [-0.1, -0.05) is 6.08 Å². The maximum atomic E-state index is 11.4. The van der Waals surface area contributed by atoms with Crippen LogP contribution in [0.3, 0.4) is 0 Å². The van der Waals surface area contributed by atoms with Crippen LogP contribution in [0, 0.1) is 5.41 Å². The van der Waals surface area contributed by atoms with Crippen molar-refractivity contribution in [2.75, 3.05) is 39.5 Å². The lowest BCUT2D eigenvalue weighted by Gasteiger charge is -2.25. The van der Waals surface area contributed by atoms with Gasteiger partial charge < -0.3 is 9.47 Å². The maximum absolute atomic E-state index is 11.4. The Labute approximate surface area is 104 Å². The molecule has 4 nitrogen and oxygen atoms in total. The van der Waals surface area contributed by atoms with Crippen molar-refractivity contribution in [3.05, 3.63) is 12.2 Å². The van der Waals surface area contributed by atoms with E-state index >= 15 is 0 Å². The fraction of sp³-hybridized carbons (Fsp3) is 0.769. The normalized spacial score (nSPS) is 18.5. The average molecular weight is 241 g/mol. The van der Waals surface area contributed by atoms with Crippen molar-refractivity contribution in [1.82, 2.24) is 4.90 Å². The number of morpholine rings is 1. The van der Waals surface area contributed by atoms with Crippen LogP contribution in [0.5, 0.6) is 0 Å². The van der Waals surface area contributed by atoms with E-state index in [2.05, 4.69) is 4.90 Å². The summed E-state index contributed by atoms with van der Waals surface area (Å²) in [5, 5.41) is 0. The standard InChI is InChI=1S/C13H23NO3/c1-13(2,3)12(15)17-9-5-4-6-14-7-10-16-11-8-14/h4-5H,6-11H2,1-3H3/b5-4-. The van der Waals surface area contributed by atoms with E-state index in [4.69, 9.17) is 9.47 Å². The largest absolute Gasteiger partial charge is 0.461 e. The number of ether oxygens (including phenoxy) is 2. The zero-order valence-corrected chi connectivity index (χ0v) is 11.1. The van der Waals surface area contributed by atoms with Crippen molar-refractivity contribution in [3.8, 4) is 0 Å². The molecule has 98 valence electrons. The minimum atomic E-state index is -0.419. The van der Waals surface area contributed by atoms with Gasteiger partial charge >= 0.3 is 5.97 Å². The van der Waals surface area contributed by atoms with E-state index in [1.165, 1.54) is 0 Å². The summed E-state index contributed by atoms with van der Waals surface area (Å²) in [5.74, 6) is -0.159. The molecule has 1 aliphatic rings. The molecule has 0 unspecified atom stereocenters. The van der Waals surface area contributed by atoms with Gasteiger partial charge in [-0.2, -0.15) is 0 Å². The van der Waals surface area contributed by atoms with E-state index in [0.717, 1.165) is 32.8 Å². The highest BCUT2D eigenvalue weighted by Gasteiger charge is 2.22.